The summed E-state index contributed by atoms with van der Waals surface area (Å²) in [4.78, 5) is 0.307. The number of nitrogens with two attached hydrogens (primary N) is 2. The standard InChI is InChI=1S/C10H16N2O2S/c1-7(2)15(13,14)9-5-3-8(4-6-9)10(11)12/h3-7,10H,11-12H2,1-2H3. The summed E-state index contributed by atoms with van der Waals surface area (Å²) in [5, 5.41) is -0.421. The fraction of sp³-hybridized carbons (Fsp3) is 0.400. The Morgan fingerprint density at radius 3 is 1.87 bits per heavy atom. The second-order valence-corrected chi connectivity index (χ2v) is 6.19. The molecule has 0 radical (unpaired) electrons. The molecule has 0 atom stereocenters. The lowest BCUT2D eigenvalue weighted by molar-refractivity contribution is 0.587. The highest BCUT2D eigenvalue weighted by Crippen LogP contribution is 2.17. The molecule has 0 bridgehead atoms. The monoisotopic (exact) mass is 228 g/mol. The van der Waals surface area contributed by atoms with Gasteiger partial charge in [-0.25, -0.2) is 8.42 Å². The third-order valence-electron chi connectivity index (χ3n) is 2.21. The number of benzene rings is 1. The van der Waals surface area contributed by atoms with Crippen molar-refractivity contribution >= 4 is 9.84 Å². The van der Waals surface area contributed by atoms with E-state index in [0.29, 0.717) is 4.90 Å². The molecule has 4 N–H and O–H groups in total. The molecule has 0 saturated heterocycles. The average Bonchev–Trinajstić information content (AvgIpc) is 2.17. The molecule has 1 aromatic rings. The Morgan fingerprint density at radius 1 is 1.07 bits per heavy atom. The molecule has 0 heterocycles. The van der Waals surface area contributed by atoms with Crippen LogP contribution >= 0.6 is 0 Å². The molecule has 1 aromatic carbocycles. The summed E-state index contributed by atoms with van der Waals surface area (Å²) in [6.07, 6.45) is -0.569. The lowest BCUT2D eigenvalue weighted by Crippen LogP contribution is -2.20. The van der Waals surface area contributed by atoms with Gasteiger partial charge in [0.05, 0.1) is 16.3 Å². The van der Waals surface area contributed by atoms with Crippen molar-refractivity contribution in [3.8, 4) is 0 Å². The van der Waals surface area contributed by atoms with Crippen molar-refractivity contribution in [1.82, 2.24) is 0 Å². The molecule has 0 aromatic heterocycles. The molecule has 0 aliphatic carbocycles. The number of sulfone groups is 1. The van der Waals surface area contributed by atoms with Gasteiger partial charge in [-0.3, -0.25) is 0 Å². The van der Waals surface area contributed by atoms with Crippen molar-refractivity contribution in [2.45, 2.75) is 30.2 Å². The first-order valence-corrected chi connectivity index (χ1v) is 6.25. The minimum Gasteiger partial charge on any atom is -0.312 e. The number of rotatable bonds is 3. The Hall–Kier alpha value is -0.910. The van der Waals surface area contributed by atoms with Crippen LogP contribution in [0.25, 0.3) is 0 Å². The molecule has 0 saturated carbocycles. The zero-order valence-corrected chi connectivity index (χ0v) is 9.66. The van der Waals surface area contributed by atoms with Gasteiger partial charge in [-0.05, 0) is 31.5 Å². The molecule has 0 spiro atoms. The van der Waals surface area contributed by atoms with Crippen molar-refractivity contribution in [1.29, 1.82) is 0 Å². The topological polar surface area (TPSA) is 86.2 Å². The molecule has 0 aliphatic heterocycles. The van der Waals surface area contributed by atoms with Crippen LogP contribution in [-0.4, -0.2) is 13.7 Å². The van der Waals surface area contributed by atoms with Crippen LogP contribution in [0.1, 0.15) is 25.6 Å². The zero-order valence-electron chi connectivity index (χ0n) is 8.84. The Labute approximate surface area is 90.2 Å². The van der Waals surface area contributed by atoms with E-state index in [0.717, 1.165) is 5.56 Å². The summed E-state index contributed by atoms with van der Waals surface area (Å²) < 4.78 is 23.5. The molecule has 84 valence electrons. The van der Waals surface area contributed by atoms with E-state index >= 15 is 0 Å². The molecule has 0 aliphatic rings. The van der Waals surface area contributed by atoms with Crippen molar-refractivity contribution < 1.29 is 8.42 Å². The Balaban J connectivity index is 3.10. The first-order chi connectivity index (χ1) is 6.85. The van der Waals surface area contributed by atoms with Gasteiger partial charge in [0.1, 0.15) is 0 Å². The Kier molecular flexibility index (Phi) is 3.49. The lowest BCUT2D eigenvalue weighted by atomic mass is 10.2. The van der Waals surface area contributed by atoms with Crippen LogP contribution in [-0.2, 0) is 9.84 Å². The fourth-order valence-corrected chi connectivity index (χ4v) is 2.21. The zero-order chi connectivity index (χ0) is 11.6. The maximum Gasteiger partial charge on any atom is 0.180 e. The van der Waals surface area contributed by atoms with Gasteiger partial charge in [-0.2, -0.15) is 0 Å². The summed E-state index contributed by atoms with van der Waals surface area (Å²) in [5.74, 6) is 0. The van der Waals surface area contributed by atoms with Crippen molar-refractivity contribution in [3.63, 3.8) is 0 Å². The molecule has 1 rings (SSSR count). The van der Waals surface area contributed by atoms with Gasteiger partial charge in [0.15, 0.2) is 9.84 Å². The second-order valence-electron chi connectivity index (χ2n) is 3.69. The molecular formula is C10H16N2O2S. The van der Waals surface area contributed by atoms with Crippen molar-refractivity contribution in [2.24, 2.45) is 11.5 Å². The molecule has 0 amide bonds. The smallest absolute Gasteiger partial charge is 0.180 e. The molecule has 5 heteroatoms. The summed E-state index contributed by atoms with van der Waals surface area (Å²) in [5.41, 5.74) is 11.6. The van der Waals surface area contributed by atoms with Crippen LogP contribution in [0, 0.1) is 0 Å². The van der Waals surface area contributed by atoms with Crippen LogP contribution in [0.4, 0.5) is 0 Å². The minimum absolute atomic E-state index is 0.307. The van der Waals surface area contributed by atoms with E-state index < -0.39 is 21.3 Å². The Bertz CT molecular complexity index is 421. The predicted octanol–water partition coefficient (Wildman–Crippen LogP) is 0.785. The highest BCUT2D eigenvalue weighted by Gasteiger charge is 2.18. The third-order valence-corrected chi connectivity index (χ3v) is 4.38. The van der Waals surface area contributed by atoms with Gasteiger partial charge < -0.3 is 11.5 Å². The van der Waals surface area contributed by atoms with E-state index in [4.69, 9.17) is 11.5 Å². The van der Waals surface area contributed by atoms with Gasteiger partial charge in [-0.1, -0.05) is 12.1 Å². The van der Waals surface area contributed by atoms with Crippen molar-refractivity contribution in [3.05, 3.63) is 29.8 Å². The van der Waals surface area contributed by atoms with Crippen LogP contribution in [0.5, 0.6) is 0 Å². The van der Waals surface area contributed by atoms with Crippen LogP contribution in [0.15, 0.2) is 29.2 Å². The van der Waals surface area contributed by atoms with Crippen molar-refractivity contribution in [2.75, 3.05) is 0 Å². The Morgan fingerprint density at radius 2 is 1.53 bits per heavy atom. The summed E-state index contributed by atoms with van der Waals surface area (Å²) in [6.45, 7) is 3.30. The SMILES string of the molecule is CC(C)S(=O)(=O)c1ccc(C(N)N)cc1. The second kappa shape index (κ2) is 4.30. The molecule has 4 nitrogen and oxygen atoms in total. The first kappa shape index (κ1) is 12.2. The van der Waals surface area contributed by atoms with Gasteiger partial charge in [0, 0.05) is 0 Å². The lowest BCUT2D eigenvalue weighted by Gasteiger charge is -2.09. The summed E-state index contributed by atoms with van der Waals surface area (Å²) >= 11 is 0. The molecule has 0 unspecified atom stereocenters. The van der Waals surface area contributed by atoms with Crippen LogP contribution < -0.4 is 11.5 Å². The third kappa shape index (κ3) is 2.56. The van der Waals surface area contributed by atoms with E-state index in [9.17, 15) is 8.42 Å². The van der Waals surface area contributed by atoms with Gasteiger partial charge in [-0.15, -0.1) is 0 Å². The fourth-order valence-electron chi connectivity index (χ4n) is 1.15. The predicted molar refractivity (Wildman–Crippen MR) is 59.9 cm³/mol. The summed E-state index contributed by atoms with van der Waals surface area (Å²) in [6, 6.07) is 6.36. The molecular weight excluding hydrogens is 212 g/mol. The molecule has 15 heavy (non-hydrogen) atoms. The van der Waals surface area contributed by atoms with Gasteiger partial charge in [0.2, 0.25) is 0 Å². The highest BCUT2D eigenvalue weighted by molar-refractivity contribution is 7.92. The van der Waals surface area contributed by atoms with Crippen LogP contribution in [0.3, 0.4) is 0 Å². The number of hydrogen-bond donors (Lipinski definition) is 2. The largest absolute Gasteiger partial charge is 0.312 e. The summed E-state index contributed by atoms with van der Waals surface area (Å²) in [7, 11) is -3.20. The maximum atomic E-state index is 11.8. The maximum absolute atomic E-state index is 11.8. The van der Waals surface area contributed by atoms with E-state index in [1.807, 2.05) is 0 Å². The normalized spacial score (nSPS) is 12.4. The highest BCUT2D eigenvalue weighted by atomic mass is 32.2. The van der Waals surface area contributed by atoms with Gasteiger partial charge in [0.25, 0.3) is 0 Å². The molecule has 0 fully saturated rings. The minimum atomic E-state index is -3.20. The van der Waals surface area contributed by atoms with E-state index in [1.165, 1.54) is 12.1 Å². The van der Waals surface area contributed by atoms with Crippen LogP contribution in [0.2, 0.25) is 0 Å². The quantitative estimate of drug-likeness (QED) is 0.749. The average molecular weight is 228 g/mol. The van der Waals surface area contributed by atoms with E-state index in [2.05, 4.69) is 0 Å². The van der Waals surface area contributed by atoms with Gasteiger partial charge >= 0.3 is 0 Å². The van der Waals surface area contributed by atoms with E-state index in [-0.39, 0.29) is 0 Å². The number of hydrogen-bond acceptors (Lipinski definition) is 4. The van der Waals surface area contributed by atoms with E-state index in [1.54, 1.807) is 26.0 Å². The first-order valence-electron chi connectivity index (χ1n) is 4.70.